The highest BCUT2D eigenvalue weighted by molar-refractivity contribution is 5.75. The number of rotatable bonds is 7. The zero-order valence-corrected chi connectivity index (χ0v) is 9.70. The number of aliphatic hydroxyl groups excluding tert-OH is 1. The van der Waals surface area contributed by atoms with Crippen LogP contribution in [0.15, 0.2) is 24.3 Å². The number of nitrogens with one attached hydrogen (secondary N) is 1. The van der Waals surface area contributed by atoms with Crippen molar-refractivity contribution in [3.8, 4) is 0 Å². The van der Waals surface area contributed by atoms with Crippen molar-refractivity contribution in [2.75, 3.05) is 13.1 Å². The van der Waals surface area contributed by atoms with Crippen molar-refractivity contribution in [2.24, 2.45) is 5.73 Å². The van der Waals surface area contributed by atoms with Crippen LogP contribution in [0, 0.1) is 10.1 Å². The molecule has 0 radical (unpaired) electrons. The number of nitrogens with two attached hydrogens (primary N) is 1. The molecule has 0 saturated carbocycles. The third-order valence-electron chi connectivity index (χ3n) is 2.38. The van der Waals surface area contributed by atoms with Crippen molar-refractivity contribution in [3.05, 3.63) is 39.9 Å². The molecule has 0 spiro atoms. The van der Waals surface area contributed by atoms with Gasteiger partial charge in [0.05, 0.1) is 17.6 Å². The van der Waals surface area contributed by atoms with Crippen molar-refractivity contribution in [1.82, 2.24) is 5.32 Å². The van der Waals surface area contributed by atoms with E-state index in [0.717, 1.165) is 0 Å². The van der Waals surface area contributed by atoms with Crippen LogP contribution in [0.25, 0.3) is 0 Å². The van der Waals surface area contributed by atoms with Gasteiger partial charge in [-0.2, -0.15) is 0 Å². The Morgan fingerprint density at radius 2 is 2.06 bits per heavy atom. The highest BCUT2D eigenvalue weighted by atomic mass is 16.6. The third-order valence-corrected chi connectivity index (χ3v) is 2.38. The van der Waals surface area contributed by atoms with Gasteiger partial charge in [-0.05, 0) is 30.7 Å². The highest BCUT2D eigenvalue weighted by Crippen LogP contribution is 2.19. The monoisotopic (exact) mass is 253 g/mol. The van der Waals surface area contributed by atoms with Gasteiger partial charge in [-0.25, -0.2) is 0 Å². The predicted molar refractivity (Wildman–Crippen MR) is 64.7 cm³/mol. The Balaban J connectivity index is 2.44. The number of nitro groups is 1. The summed E-state index contributed by atoms with van der Waals surface area (Å²) in [6.45, 7) is 0.494. The molecule has 0 bridgehead atoms. The van der Waals surface area contributed by atoms with Gasteiger partial charge in [0.15, 0.2) is 0 Å². The first-order valence-corrected chi connectivity index (χ1v) is 5.42. The minimum Gasteiger partial charge on any atom is -0.388 e. The minimum atomic E-state index is -0.730. The van der Waals surface area contributed by atoms with Crippen LogP contribution >= 0.6 is 0 Å². The normalized spacial score (nSPS) is 12.1. The van der Waals surface area contributed by atoms with Gasteiger partial charge in [0.1, 0.15) is 0 Å². The number of amides is 1. The van der Waals surface area contributed by atoms with E-state index in [1.54, 1.807) is 0 Å². The number of hydrogen-bond acceptors (Lipinski definition) is 5. The number of nitro benzene ring substituents is 1. The molecular formula is C11H15N3O4. The summed E-state index contributed by atoms with van der Waals surface area (Å²) in [7, 11) is 0. The molecule has 0 aliphatic heterocycles. The first-order valence-electron chi connectivity index (χ1n) is 5.42. The first-order chi connectivity index (χ1) is 8.50. The van der Waals surface area contributed by atoms with Gasteiger partial charge in [0.25, 0.3) is 5.69 Å². The molecule has 1 aromatic carbocycles. The molecule has 0 aliphatic carbocycles. The maximum atomic E-state index is 10.4. The summed E-state index contributed by atoms with van der Waals surface area (Å²) < 4.78 is 0. The van der Waals surface area contributed by atoms with Gasteiger partial charge >= 0.3 is 0 Å². The smallest absolute Gasteiger partial charge is 0.269 e. The number of primary amides is 1. The van der Waals surface area contributed by atoms with Crippen LogP contribution in [-0.2, 0) is 4.79 Å². The Kier molecular flexibility index (Phi) is 5.22. The van der Waals surface area contributed by atoms with Gasteiger partial charge in [-0.15, -0.1) is 0 Å². The number of aliphatic hydroxyl groups is 1. The van der Waals surface area contributed by atoms with E-state index in [2.05, 4.69) is 5.32 Å². The molecule has 18 heavy (non-hydrogen) atoms. The number of carbonyl (C=O) groups excluding carboxylic acids is 1. The van der Waals surface area contributed by atoms with E-state index in [-0.39, 0.29) is 12.2 Å². The van der Waals surface area contributed by atoms with Crippen molar-refractivity contribution < 1.29 is 14.8 Å². The fourth-order valence-electron chi connectivity index (χ4n) is 1.44. The summed E-state index contributed by atoms with van der Waals surface area (Å²) in [6.07, 6.45) is -0.336. The summed E-state index contributed by atoms with van der Waals surface area (Å²) in [5.41, 5.74) is 5.52. The fourth-order valence-corrected chi connectivity index (χ4v) is 1.44. The van der Waals surface area contributed by atoms with Crippen LogP contribution in [0.3, 0.4) is 0 Å². The molecule has 1 unspecified atom stereocenters. The van der Waals surface area contributed by atoms with Gasteiger partial charge in [0, 0.05) is 12.1 Å². The second-order valence-electron chi connectivity index (χ2n) is 3.80. The van der Waals surface area contributed by atoms with Crippen LogP contribution in [0.5, 0.6) is 0 Å². The summed E-state index contributed by atoms with van der Waals surface area (Å²) in [5, 5.41) is 23.0. The van der Waals surface area contributed by atoms with Crippen LogP contribution in [-0.4, -0.2) is 29.0 Å². The average Bonchev–Trinajstić information content (AvgIpc) is 2.34. The van der Waals surface area contributed by atoms with Gasteiger partial charge in [0.2, 0.25) is 5.91 Å². The zero-order chi connectivity index (χ0) is 13.5. The molecule has 98 valence electrons. The molecule has 1 amide bonds. The molecule has 0 aromatic heterocycles. The molecule has 0 heterocycles. The van der Waals surface area contributed by atoms with E-state index in [4.69, 9.17) is 5.73 Å². The van der Waals surface area contributed by atoms with E-state index in [1.807, 2.05) is 0 Å². The summed E-state index contributed by atoms with van der Waals surface area (Å²) >= 11 is 0. The summed E-state index contributed by atoms with van der Waals surface area (Å²) in [6, 6.07) is 5.71. The number of nitrogens with zero attached hydrogens (tertiary/aromatic N) is 1. The van der Waals surface area contributed by atoms with Gasteiger partial charge in [-0.3, -0.25) is 14.9 Å². The molecule has 7 heteroatoms. The molecule has 7 nitrogen and oxygen atoms in total. The average molecular weight is 253 g/mol. The lowest BCUT2D eigenvalue weighted by Gasteiger charge is -2.10. The standard InChI is InChI=1S/C11H15N3O4/c12-11(16)7-13-6-5-10(15)8-1-3-9(4-2-8)14(17)18/h1-4,10,13,15H,5-7H2,(H2,12,16). The van der Waals surface area contributed by atoms with E-state index < -0.39 is 16.9 Å². The molecular weight excluding hydrogens is 238 g/mol. The van der Waals surface area contributed by atoms with Crippen LogP contribution in [0.1, 0.15) is 18.1 Å². The largest absolute Gasteiger partial charge is 0.388 e. The Hall–Kier alpha value is -1.99. The molecule has 1 aromatic rings. The maximum Gasteiger partial charge on any atom is 0.269 e. The Morgan fingerprint density at radius 1 is 1.44 bits per heavy atom. The van der Waals surface area contributed by atoms with Gasteiger partial charge < -0.3 is 16.2 Å². The van der Waals surface area contributed by atoms with Crippen molar-refractivity contribution >= 4 is 11.6 Å². The van der Waals surface area contributed by atoms with Crippen LogP contribution < -0.4 is 11.1 Å². The summed E-state index contributed by atoms with van der Waals surface area (Å²) in [4.78, 5) is 20.4. The van der Waals surface area contributed by atoms with Crippen molar-refractivity contribution in [3.63, 3.8) is 0 Å². The third kappa shape index (κ3) is 4.48. The number of benzene rings is 1. The lowest BCUT2D eigenvalue weighted by atomic mass is 10.1. The zero-order valence-electron chi connectivity index (χ0n) is 9.70. The quantitative estimate of drug-likeness (QED) is 0.361. The molecule has 0 fully saturated rings. The Morgan fingerprint density at radius 3 is 2.56 bits per heavy atom. The van der Waals surface area contributed by atoms with Crippen molar-refractivity contribution in [1.29, 1.82) is 0 Å². The highest BCUT2D eigenvalue weighted by Gasteiger charge is 2.10. The lowest BCUT2D eigenvalue weighted by Crippen LogP contribution is -2.29. The second kappa shape index (κ2) is 6.67. The van der Waals surface area contributed by atoms with E-state index >= 15 is 0 Å². The van der Waals surface area contributed by atoms with Crippen LogP contribution in [0.2, 0.25) is 0 Å². The molecule has 0 aliphatic rings. The minimum absolute atomic E-state index is 0.0159. The molecule has 0 saturated heterocycles. The fraction of sp³-hybridized carbons (Fsp3) is 0.364. The lowest BCUT2D eigenvalue weighted by molar-refractivity contribution is -0.384. The topological polar surface area (TPSA) is 118 Å². The summed E-state index contributed by atoms with van der Waals surface area (Å²) in [5.74, 6) is -0.458. The Bertz CT molecular complexity index is 419. The Labute approximate surface area is 104 Å². The van der Waals surface area contributed by atoms with Crippen molar-refractivity contribution in [2.45, 2.75) is 12.5 Å². The molecule has 1 rings (SSSR count). The SMILES string of the molecule is NC(=O)CNCCC(O)c1ccc([N+](=O)[O-])cc1. The van der Waals surface area contributed by atoms with Gasteiger partial charge in [-0.1, -0.05) is 0 Å². The second-order valence-corrected chi connectivity index (χ2v) is 3.80. The van der Waals surface area contributed by atoms with Crippen LogP contribution in [0.4, 0.5) is 5.69 Å². The number of carbonyl (C=O) groups is 1. The number of hydrogen-bond donors (Lipinski definition) is 3. The number of non-ortho nitro benzene ring substituents is 1. The first kappa shape index (κ1) is 14.1. The molecule has 1 atom stereocenters. The van der Waals surface area contributed by atoms with E-state index in [1.165, 1.54) is 24.3 Å². The maximum absolute atomic E-state index is 10.4. The predicted octanol–water partition coefficient (Wildman–Crippen LogP) is 0.0932. The van der Waals surface area contributed by atoms with E-state index in [9.17, 15) is 20.0 Å². The molecule has 4 N–H and O–H groups in total. The van der Waals surface area contributed by atoms with E-state index in [0.29, 0.717) is 18.5 Å².